The Labute approximate surface area is 112 Å². The van der Waals surface area contributed by atoms with Crippen LogP contribution in [-0.4, -0.2) is 55.1 Å². The Morgan fingerprint density at radius 3 is 2.72 bits per heavy atom. The average molecular weight is 273 g/mol. The van der Waals surface area contributed by atoms with Gasteiger partial charge in [0.25, 0.3) is 0 Å². The van der Waals surface area contributed by atoms with E-state index in [0.717, 1.165) is 6.61 Å². The number of ether oxygens (including phenoxy) is 1. The first-order chi connectivity index (χ1) is 8.50. The third-order valence-corrected chi connectivity index (χ3v) is 2.73. The van der Waals surface area contributed by atoms with Gasteiger partial charge in [0.15, 0.2) is 0 Å². The number of rotatable bonds is 7. The molecule has 0 aromatic rings. The number of nitrogens with two attached hydrogens (primary N) is 1. The number of carbonyl (C=O) groups excluding carboxylic acids is 2. The minimum absolute atomic E-state index is 0.0337. The van der Waals surface area contributed by atoms with E-state index in [9.17, 15) is 9.59 Å². The summed E-state index contributed by atoms with van der Waals surface area (Å²) in [5.41, 5.74) is 5.22. The molecule has 0 unspecified atom stereocenters. The van der Waals surface area contributed by atoms with E-state index in [1.54, 1.807) is 7.05 Å². The second kappa shape index (κ2) is 7.27. The van der Waals surface area contributed by atoms with E-state index >= 15 is 0 Å². The lowest BCUT2D eigenvalue weighted by molar-refractivity contribution is -0.145. The molecule has 1 fully saturated rings. The fraction of sp³-hybridized carbons (Fsp3) is 0.727. The fourth-order valence-corrected chi connectivity index (χ4v) is 1.33. The molecule has 1 aliphatic carbocycles. The molecule has 2 amide bonds. The summed E-state index contributed by atoms with van der Waals surface area (Å²) in [4.78, 5) is 24.4. The number of nitrogens with zero attached hydrogens (tertiary/aromatic N) is 1. The topological polar surface area (TPSA) is 84.7 Å². The first kappa shape index (κ1) is 14.8. The van der Waals surface area contributed by atoms with Gasteiger partial charge in [-0.2, -0.15) is 0 Å². The molecule has 18 heavy (non-hydrogen) atoms. The van der Waals surface area contributed by atoms with Gasteiger partial charge in [0, 0.05) is 20.2 Å². The number of amides is 2. The van der Waals surface area contributed by atoms with Crippen molar-refractivity contribution < 1.29 is 14.3 Å². The van der Waals surface area contributed by atoms with Gasteiger partial charge in [0.1, 0.15) is 0 Å². The molecule has 0 aromatic heterocycles. The lowest BCUT2D eigenvalue weighted by Crippen LogP contribution is -2.44. The molecule has 0 atom stereocenters. The third kappa shape index (κ3) is 5.92. The van der Waals surface area contributed by atoms with Crippen molar-refractivity contribution in [3.05, 3.63) is 0 Å². The molecule has 7 heteroatoms. The molecule has 1 saturated carbocycles. The van der Waals surface area contributed by atoms with Crippen LogP contribution in [-0.2, 0) is 14.3 Å². The highest BCUT2D eigenvalue weighted by molar-refractivity contribution is 7.80. The van der Waals surface area contributed by atoms with E-state index in [2.05, 4.69) is 17.5 Å². The Morgan fingerprint density at radius 2 is 2.17 bits per heavy atom. The molecule has 0 bridgehead atoms. The maximum absolute atomic E-state index is 11.6. The number of hydrogen-bond acceptors (Lipinski definition) is 4. The predicted octanol–water partition coefficient (Wildman–Crippen LogP) is -0.726. The van der Waals surface area contributed by atoms with Crippen LogP contribution < -0.4 is 11.1 Å². The molecule has 0 aliphatic heterocycles. The Hall–Kier alpha value is -1.21. The quantitative estimate of drug-likeness (QED) is 0.363. The number of carbonyl (C=O) groups is 2. The number of nitrogens with one attached hydrogen (secondary N) is 1. The lowest BCUT2D eigenvalue weighted by Gasteiger charge is -2.16. The molecule has 0 radical (unpaired) electrons. The molecule has 1 aliphatic rings. The summed E-state index contributed by atoms with van der Waals surface area (Å²) in [7, 11) is 1.56. The van der Waals surface area contributed by atoms with Crippen molar-refractivity contribution in [1.29, 1.82) is 0 Å². The Kier molecular flexibility index (Phi) is 6.00. The number of likely N-dealkylation sites (N-methyl/N-ethyl adjacent to an activating group) is 1. The predicted molar refractivity (Wildman–Crippen MR) is 71.0 cm³/mol. The van der Waals surface area contributed by atoms with Crippen molar-refractivity contribution in [3.63, 3.8) is 0 Å². The van der Waals surface area contributed by atoms with E-state index in [1.165, 1.54) is 17.7 Å². The molecule has 0 heterocycles. The van der Waals surface area contributed by atoms with Crippen LogP contribution >= 0.6 is 12.2 Å². The van der Waals surface area contributed by atoms with Crippen molar-refractivity contribution in [2.24, 2.45) is 11.7 Å². The van der Waals surface area contributed by atoms with E-state index in [-0.39, 0.29) is 11.5 Å². The van der Waals surface area contributed by atoms with Crippen LogP contribution in [0.25, 0.3) is 0 Å². The maximum Gasteiger partial charge on any atom is 0.311 e. The van der Waals surface area contributed by atoms with E-state index < -0.39 is 11.8 Å². The average Bonchev–Trinajstić information content (AvgIpc) is 3.14. The normalized spacial score (nSPS) is 14.1. The van der Waals surface area contributed by atoms with E-state index in [4.69, 9.17) is 10.5 Å². The summed E-state index contributed by atoms with van der Waals surface area (Å²) in [6.45, 7) is 1.62. The third-order valence-electron chi connectivity index (χ3n) is 2.59. The smallest absolute Gasteiger partial charge is 0.311 e. The van der Waals surface area contributed by atoms with Gasteiger partial charge < -0.3 is 20.7 Å². The van der Waals surface area contributed by atoms with Crippen molar-refractivity contribution in [2.45, 2.75) is 12.8 Å². The van der Waals surface area contributed by atoms with Crippen LogP contribution in [0.4, 0.5) is 0 Å². The molecule has 0 saturated heterocycles. The molecule has 1 rings (SSSR count). The number of hydrogen-bond donors (Lipinski definition) is 2. The SMILES string of the molecule is CN(CCOCC1CC1)C(=O)C(=O)NCC(N)=S. The molecule has 102 valence electrons. The standard InChI is InChI=1S/C11H19N3O3S/c1-14(4-5-17-7-8-2-3-8)11(16)10(15)13-6-9(12)18/h8H,2-7H2,1H3,(H2,12,18)(H,13,15). The zero-order valence-corrected chi connectivity index (χ0v) is 11.3. The van der Waals surface area contributed by atoms with Crippen molar-refractivity contribution >= 4 is 29.0 Å². The van der Waals surface area contributed by atoms with Crippen LogP contribution in [0.2, 0.25) is 0 Å². The highest BCUT2D eigenvalue weighted by Gasteiger charge is 2.22. The van der Waals surface area contributed by atoms with Gasteiger partial charge in [-0.1, -0.05) is 12.2 Å². The summed E-state index contributed by atoms with van der Waals surface area (Å²) in [5.74, 6) is -0.617. The van der Waals surface area contributed by atoms with E-state index in [1.807, 2.05) is 0 Å². The van der Waals surface area contributed by atoms with Gasteiger partial charge in [-0.05, 0) is 18.8 Å². The molecule has 3 N–H and O–H groups in total. The van der Waals surface area contributed by atoms with Crippen LogP contribution in [0, 0.1) is 5.92 Å². The largest absolute Gasteiger partial charge is 0.392 e. The van der Waals surface area contributed by atoms with Gasteiger partial charge in [0.2, 0.25) is 0 Å². The minimum atomic E-state index is -0.701. The van der Waals surface area contributed by atoms with Gasteiger partial charge in [-0.25, -0.2) is 0 Å². The maximum atomic E-state index is 11.6. The van der Waals surface area contributed by atoms with Gasteiger partial charge in [0.05, 0.1) is 18.1 Å². The monoisotopic (exact) mass is 273 g/mol. The van der Waals surface area contributed by atoms with Crippen LogP contribution in [0.5, 0.6) is 0 Å². The fourth-order valence-electron chi connectivity index (χ4n) is 1.25. The van der Waals surface area contributed by atoms with Crippen LogP contribution in [0.15, 0.2) is 0 Å². The first-order valence-corrected chi connectivity index (χ1v) is 6.31. The minimum Gasteiger partial charge on any atom is -0.392 e. The Balaban J connectivity index is 2.13. The zero-order valence-electron chi connectivity index (χ0n) is 10.5. The summed E-state index contributed by atoms with van der Waals surface area (Å²) < 4.78 is 5.39. The molecule has 0 spiro atoms. The highest BCUT2D eigenvalue weighted by Crippen LogP contribution is 2.28. The number of thiocarbonyl (C=S) groups is 1. The van der Waals surface area contributed by atoms with Gasteiger partial charge >= 0.3 is 11.8 Å². The van der Waals surface area contributed by atoms with E-state index in [0.29, 0.717) is 19.1 Å². The Morgan fingerprint density at radius 1 is 1.50 bits per heavy atom. The molecule has 0 aromatic carbocycles. The van der Waals surface area contributed by atoms with Crippen molar-refractivity contribution in [2.75, 3.05) is 33.4 Å². The van der Waals surface area contributed by atoms with Gasteiger partial charge in [-0.3, -0.25) is 9.59 Å². The summed E-state index contributed by atoms with van der Waals surface area (Å²) in [6, 6.07) is 0. The Bertz CT molecular complexity index is 331. The summed E-state index contributed by atoms with van der Waals surface area (Å²) >= 11 is 4.60. The summed E-state index contributed by atoms with van der Waals surface area (Å²) in [6.07, 6.45) is 2.46. The van der Waals surface area contributed by atoms with Crippen LogP contribution in [0.3, 0.4) is 0 Å². The highest BCUT2D eigenvalue weighted by atomic mass is 32.1. The molecular formula is C11H19N3O3S. The molecule has 6 nitrogen and oxygen atoms in total. The van der Waals surface area contributed by atoms with Gasteiger partial charge in [-0.15, -0.1) is 0 Å². The van der Waals surface area contributed by atoms with Crippen LogP contribution in [0.1, 0.15) is 12.8 Å². The summed E-state index contributed by atoms with van der Waals surface area (Å²) in [5, 5.41) is 2.34. The van der Waals surface area contributed by atoms with Crippen molar-refractivity contribution in [1.82, 2.24) is 10.2 Å². The zero-order chi connectivity index (χ0) is 13.5. The lowest BCUT2D eigenvalue weighted by atomic mass is 10.4. The van der Waals surface area contributed by atoms with Crippen molar-refractivity contribution in [3.8, 4) is 0 Å². The molecular weight excluding hydrogens is 254 g/mol. The second-order valence-corrected chi connectivity index (χ2v) is 4.92. The first-order valence-electron chi connectivity index (χ1n) is 5.90. The second-order valence-electron chi connectivity index (χ2n) is 4.39.